The first kappa shape index (κ1) is 12.2. The molecule has 0 saturated heterocycles. The third-order valence-electron chi connectivity index (χ3n) is 2.12. The molecular weight excluding hydrogens is 204 g/mol. The second-order valence-electron chi connectivity index (χ2n) is 4.94. The monoisotopic (exact) mass is 221 g/mol. The highest BCUT2D eigenvalue weighted by Crippen LogP contribution is 2.34. The molecule has 1 aliphatic rings. The van der Waals surface area contributed by atoms with Gasteiger partial charge in [0.2, 0.25) is 5.92 Å². The Balaban J connectivity index is 2.34. The van der Waals surface area contributed by atoms with Crippen molar-refractivity contribution in [2.45, 2.75) is 57.6 Å². The number of hydrogen-bond donors (Lipinski definition) is 1. The minimum absolute atomic E-state index is 0.159. The fourth-order valence-electron chi connectivity index (χ4n) is 1.55. The van der Waals surface area contributed by atoms with Crippen molar-refractivity contribution in [3.63, 3.8) is 0 Å². The molecule has 0 radical (unpaired) electrons. The van der Waals surface area contributed by atoms with Gasteiger partial charge in [0.25, 0.3) is 0 Å². The van der Waals surface area contributed by atoms with Crippen molar-refractivity contribution in [1.29, 1.82) is 0 Å². The van der Waals surface area contributed by atoms with E-state index in [0.29, 0.717) is 6.42 Å². The van der Waals surface area contributed by atoms with Gasteiger partial charge in [-0.15, -0.1) is 0 Å². The number of alkyl halides is 2. The van der Waals surface area contributed by atoms with Crippen LogP contribution in [0.4, 0.5) is 13.6 Å². The standard InChI is InChI=1S/C10H17F2NO2/c1-9(2,3)15-8(14)13-7-4-5-10(11,12)6-7/h7H,4-6H2,1-3H3,(H,13,14)/t7-/m0/s1. The maximum absolute atomic E-state index is 12.8. The smallest absolute Gasteiger partial charge is 0.407 e. The van der Waals surface area contributed by atoms with E-state index in [4.69, 9.17) is 4.74 Å². The number of ether oxygens (including phenoxy) is 1. The number of carbonyl (C=O) groups is 1. The van der Waals surface area contributed by atoms with Gasteiger partial charge in [-0.3, -0.25) is 0 Å². The highest BCUT2D eigenvalue weighted by atomic mass is 19.3. The molecule has 3 nitrogen and oxygen atoms in total. The summed E-state index contributed by atoms with van der Waals surface area (Å²) in [5.74, 6) is -2.64. The summed E-state index contributed by atoms with van der Waals surface area (Å²) < 4.78 is 30.6. The lowest BCUT2D eigenvalue weighted by atomic mass is 10.2. The molecule has 88 valence electrons. The fourth-order valence-corrected chi connectivity index (χ4v) is 1.55. The van der Waals surface area contributed by atoms with Crippen molar-refractivity contribution in [1.82, 2.24) is 5.32 Å². The molecule has 0 unspecified atom stereocenters. The van der Waals surface area contributed by atoms with E-state index in [9.17, 15) is 13.6 Å². The van der Waals surface area contributed by atoms with Crippen LogP contribution in [0, 0.1) is 0 Å². The number of carbonyl (C=O) groups excluding carboxylic acids is 1. The van der Waals surface area contributed by atoms with Gasteiger partial charge in [-0.1, -0.05) is 0 Å². The molecule has 0 bridgehead atoms. The first-order valence-electron chi connectivity index (χ1n) is 5.05. The van der Waals surface area contributed by atoms with Crippen LogP contribution >= 0.6 is 0 Å². The molecule has 1 rings (SSSR count). The van der Waals surface area contributed by atoms with Crippen molar-refractivity contribution >= 4 is 6.09 Å². The Kier molecular flexibility index (Phi) is 3.21. The van der Waals surface area contributed by atoms with Crippen LogP contribution in [-0.2, 0) is 4.74 Å². The predicted octanol–water partition coefficient (Wildman–Crippen LogP) is 2.70. The molecule has 0 spiro atoms. The number of alkyl carbamates (subject to hydrolysis) is 1. The van der Waals surface area contributed by atoms with E-state index in [1.54, 1.807) is 20.8 Å². The molecule has 1 N–H and O–H groups in total. The third-order valence-corrected chi connectivity index (χ3v) is 2.12. The Morgan fingerprint density at radius 2 is 2.07 bits per heavy atom. The van der Waals surface area contributed by atoms with Crippen LogP contribution < -0.4 is 5.32 Å². The van der Waals surface area contributed by atoms with Gasteiger partial charge in [-0.25, -0.2) is 13.6 Å². The van der Waals surface area contributed by atoms with Gasteiger partial charge < -0.3 is 10.1 Å². The minimum Gasteiger partial charge on any atom is -0.444 e. The number of amides is 1. The van der Waals surface area contributed by atoms with Crippen LogP contribution in [0.25, 0.3) is 0 Å². The molecule has 1 amide bonds. The van der Waals surface area contributed by atoms with E-state index in [0.717, 1.165) is 0 Å². The summed E-state index contributed by atoms with van der Waals surface area (Å²) in [6.07, 6.45) is -0.753. The van der Waals surface area contributed by atoms with E-state index >= 15 is 0 Å². The fraction of sp³-hybridized carbons (Fsp3) is 0.900. The van der Waals surface area contributed by atoms with Crippen LogP contribution in [0.1, 0.15) is 40.0 Å². The average Bonchev–Trinajstić information content (AvgIpc) is 2.25. The zero-order valence-electron chi connectivity index (χ0n) is 9.27. The first-order chi connectivity index (χ1) is 6.68. The van der Waals surface area contributed by atoms with Gasteiger partial charge in [0, 0.05) is 18.9 Å². The topological polar surface area (TPSA) is 38.3 Å². The van der Waals surface area contributed by atoms with Crippen molar-refractivity contribution in [3.05, 3.63) is 0 Å². The van der Waals surface area contributed by atoms with Gasteiger partial charge in [0.15, 0.2) is 0 Å². The summed E-state index contributed by atoms with van der Waals surface area (Å²) in [5.41, 5.74) is -0.592. The van der Waals surface area contributed by atoms with Crippen molar-refractivity contribution < 1.29 is 18.3 Å². The normalized spacial score (nSPS) is 25.0. The molecule has 0 aromatic heterocycles. The van der Waals surface area contributed by atoms with E-state index in [2.05, 4.69) is 5.32 Å². The largest absolute Gasteiger partial charge is 0.444 e. The molecule has 0 aromatic rings. The average molecular weight is 221 g/mol. The van der Waals surface area contributed by atoms with Crippen molar-refractivity contribution in [2.24, 2.45) is 0 Å². The SMILES string of the molecule is CC(C)(C)OC(=O)N[C@H]1CCC(F)(F)C1. The van der Waals surface area contributed by atoms with Crippen LogP contribution in [0.15, 0.2) is 0 Å². The molecule has 0 heterocycles. The summed E-state index contributed by atoms with van der Waals surface area (Å²) in [6.45, 7) is 5.20. The lowest BCUT2D eigenvalue weighted by molar-refractivity contribution is 0.00614. The van der Waals surface area contributed by atoms with Crippen molar-refractivity contribution in [3.8, 4) is 0 Å². The van der Waals surface area contributed by atoms with E-state index in [-0.39, 0.29) is 12.8 Å². The summed E-state index contributed by atoms with van der Waals surface area (Å²) in [5, 5.41) is 2.45. The summed E-state index contributed by atoms with van der Waals surface area (Å²) in [7, 11) is 0. The van der Waals surface area contributed by atoms with Gasteiger partial charge in [-0.05, 0) is 27.2 Å². The molecule has 1 atom stereocenters. The zero-order chi connectivity index (χ0) is 11.7. The number of nitrogens with one attached hydrogen (secondary N) is 1. The molecular formula is C10H17F2NO2. The molecule has 0 aliphatic heterocycles. The molecule has 1 aliphatic carbocycles. The highest BCUT2D eigenvalue weighted by molar-refractivity contribution is 5.68. The lowest BCUT2D eigenvalue weighted by Gasteiger charge is -2.21. The van der Waals surface area contributed by atoms with Crippen molar-refractivity contribution in [2.75, 3.05) is 0 Å². The van der Waals surface area contributed by atoms with Gasteiger partial charge in [0.1, 0.15) is 5.60 Å². The lowest BCUT2D eigenvalue weighted by Crippen LogP contribution is -2.38. The number of halogens is 2. The Hall–Kier alpha value is -0.870. The second kappa shape index (κ2) is 3.94. The van der Waals surface area contributed by atoms with Crippen LogP contribution in [-0.4, -0.2) is 23.7 Å². The summed E-state index contributed by atoms with van der Waals surface area (Å²) in [6, 6.07) is -0.463. The number of hydrogen-bond acceptors (Lipinski definition) is 2. The molecule has 5 heteroatoms. The maximum atomic E-state index is 12.8. The molecule has 15 heavy (non-hydrogen) atoms. The quantitative estimate of drug-likeness (QED) is 0.739. The second-order valence-corrected chi connectivity index (χ2v) is 4.94. The summed E-state index contributed by atoms with van der Waals surface area (Å²) in [4.78, 5) is 11.2. The third kappa shape index (κ3) is 4.44. The Morgan fingerprint density at radius 1 is 1.47 bits per heavy atom. The Bertz CT molecular complexity index is 248. The van der Waals surface area contributed by atoms with Crippen LogP contribution in [0.3, 0.4) is 0 Å². The first-order valence-corrected chi connectivity index (χ1v) is 5.05. The Morgan fingerprint density at radius 3 is 2.47 bits per heavy atom. The van der Waals surface area contributed by atoms with Gasteiger partial charge in [0.05, 0.1) is 0 Å². The van der Waals surface area contributed by atoms with E-state index in [1.165, 1.54) is 0 Å². The minimum atomic E-state index is -2.64. The van der Waals surface area contributed by atoms with Gasteiger partial charge in [-0.2, -0.15) is 0 Å². The molecule has 1 fully saturated rings. The summed E-state index contributed by atoms with van der Waals surface area (Å²) >= 11 is 0. The number of rotatable bonds is 1. The zero-order valence-corrected chi connectivity index (χ0v) is 9.27. The predicted molar refractivity (Wildman–Crippen MR) is 52.0 cm³/mol. The molecule has 0 aromatic carbocycles. The van der Waals surface area contributed by atoms with E-state index in [1.807, 2.05) is 0 Å². The van der Waals surface area contributed by atoms with Crippen LogP contribution in [0.2, 0.25) is 0 Å². The highest BCUT2D eigenvalue weighted by Gasteiger charge is 2.40. The maximum Gasteiger partial charge on any atom is 0.407 e. The van der Waals surface area contributed by atoms with Crippen LogP contribution in [0.5, 0.6) is 0 Å². The molecule has 1 saturated carbocycles. The Labute approximate surface area is 88.2 Å². The van der Waals surface area contributed by atoms with E-state index < -0.39 is 23.7 Å². The van der Waals surface area contributed by atoms with Gasteiger partial charge >= 0.3 is 6.09 Å².